The molecular formula is C13H15N3O. The third-order valence-electron chi connectivity index (χ3n) is 3.43. The lowest BCUT2D eigenvalue weighted by Crippen LogP contribution is -2.13. The summed E-state index contributed by atoms with van der Waals surface area (Å²) in [4.78, 5) is 22.0. The summed E-state index contributed by atoms with van der Waals surface area (Å²) in [5.74, 6) is 1.83. The number of aromatic nitrogens is 3. The van der Waals surface area contributed by atoms with Gasteiger partial charge in [0.05, 0.1) is 11.9 Å². The van der Waals surface area contributed by atoms with E-state index < -0.39 is 0 Å². The number of rotatable bonds is 2. The molecule has 2 heterocycles. The Morgan fingerprint density at radius 1 is 1.29 bits per heavy atom. The molecule has 2 N–H and O–H groups in total. The molecule has 2 aromatic heterocycles. The van der Waals surface area contributed by atoms with E-state index in [1.54, 1.807) is 0 Å². The molecule has 1 aliphatic rings. The van der Waals surface area contributed by atoms with Gasteiger partial charge in [-0.1, -0.05) is 0 Å². The van der Waals surface area contributed by atoms with Crippen LogP contribution in [0.2, 0.25) is 0 Å². The molecule has 4 nitrogen and oxygen atoms in total. The summed E-state index contributed by atoms with van der Waals surface area (Å²) >= 11 is 0. The van der Waals surface area contributed by atoms with Crippen LogP contribution in [0.3, 0.4) is 0 Å². The van der Waals surface area contributed by atoms with E-state index in [1.165, 1.54) is 0 Å². The average molecular weight is 229 g/mol. The first-order valence-corrected chi connectivity index (χ1v) is 6.02. The van der Waals surface area contributed by atoms with Gasteiger partial charge in [0, 0.05) is 36.7 Å². The van der Waals surface area contributed by atoms with Crippen LogP contribution in [0.1, 0.15) is 37.4 Å². The highest BCUT2D eigenvalue weighted by Gasteiger charge is 2.22. The molecule has 1 saturated carbocycles. The lowest BCUT2D eigenvalue weighted by atomic mass is 9.88. The maximum Gasteiger partial charge on any atom is 0.132 e. The highest BCUT2D eigenvalue weighted by Crippen LogP contribution is 2.30. The van der Waals surface area contributed by atoms with Crippen molar-refractivity contribution in [3.63, 3.8) is 0 Å². The van der Waals surface area contributed by atoms with Gasteiger partial charge >= 0.3 is 0 Å². The molecule has 0 atom stereocenters. The van der Waals surface area contributed by atoms with Crippen molar-refractivity contribution in [3.8, 4) is 11.3 Å². The van der Waals surface area contributed by atoms with E-state index in [0.717, 1.165) is 29.9 Å². The third-order valence-corrected chi connectivity index (χ3v) is 3.43. The van der Waals surface area contributed by atoms with Gasteiger partial charge < -0.3 is 9.97 Å². The van der Waals surface area contributed by atoms with Crippen LogP contribution < -0.4 is 0 Å². The van der Waals surface area contributed by atoms with Crippen molar-refractivity contribution in [2.45, 2.75) is 31.6 Å². The van der Waals surface area contributed by atoms with E-state index >= 15 is 0 Å². The van der Waals surface area contributed by atoms with Gasteiger partial charge in [0.1, 0.15) is 11.6 Å². The number of nitrogens with one attached hydrogen (secondary N) is 2. The predicted octanol–water partition coefficient (Wildman–Crippen LogP) is 2.63. The third kappa shape index (κ3) is 2.02. The number of H-pyrrole nitrogens is 2. The quantitative estimate of drug-likeness (QED) is 0.831. The first-order valence-electron chi connectivity index (χ1n) is 6.02. The molecule has 0 unspecified atom stereocenters. The second-order valence-corrected chi connectivity index (χ2v) is 4.59. The monoisotopic (exact) mass is 229 g/mol. The predicted molar refractivity (Wildman–Crippen MR) is 64.6 cm³/mol. The number of carbonyl (C=O) groups is 1. The Bertz CT molecular complexity index is 503. The molecule has 0 bridgehead atoms. The summed E-state index contributed by atoms with van der Waals surface area (Å²) < 4.78 is 0. The van der Waals surface area contributed by atoms with Crippen LogP contribution in [0.5, 0.6) is 0 Å². The first kappa shape index (κ1) is 10.3. The van der Waals surface area contributed by atoms with Gasteiger partial charge in [-0.25, -0.2) is 4.98 Å². The molecule has 1 fully saturated rings. The number of carbonyl (C=O) groups excluding carboxylic acids is 1. The Morgan fingerprint density at radius 2 is 2.12 bits per heavy atom. The zero-order valence-electron chi connectivity index (χ0n) is 9.57. The normalized spacial score (nSPS) is 17.5. The Morgan fingerprint density at radius 3 is 2.82 bits per heavy atom. The van der Waals surface area contributed by atoms with Crippen LogP contribution in [-0.2, 0) is 4.79 Å². The second kappa shape index (κ2) is 4.20. The fraction of sp³-hybridized carbons (Fsp3) is 0.385. The Kier molecular flexibility index (Phi) is 2.55. The molecule has 1 aliphatic carbocycles. The van der Waals surface area contributed by atoms with Crippen molar-refractivity contribution in [3.05, 3.63) is 30.5 Å². The lowest BCUT2D eigenvalue weighted by Gasteiger charge is -2.18. The summed E-state index contributed by atoms with van der Waals surface area (Å²) in [5, 5.41) is 0. The van der Waals surface area contributed by atoms with Crippen LogP contribution >= 0.6 is 0 Å². The highest BCUT2D eigenvalue weighted by atomic mass is 16.1. The van der Waals surface area contributed by atoms with Crippen LogP contribution in [0.4, 0.5) is 0 Å². The lowest BCUT2D eigenvalue weighted by molar-refractivity contribution is -0.120. The van der Waals surface area contributed by atoms with Crippen molar-refractivity contribution in [2.24, 2.45) is 0 Å². The second-order valence-electron chi connectivity index (χ2n) is 4.59. The largest absolute Gasteiger partial charge is 0.367 e. The van der Waals surface area contributed by atoms with Crippen LogP contribution in [-0.4, -0.2) is 20.7 Å². The molecule has 3 rings (SSSR count). The number of ketones is 1. The standard InChI is InChI=1S/C13H15N3O/c17-11-3-1-9(2-4-11)13-15-8-12(16-13)10-5-6-14-7-10/h5-9,14H,1-4H2,(H,15,16). The topological polar surface area (TPSA) is 61.5 Å². The molecule has 4 heteroatoms. The molecule has 88 valence electrons. The minimum absolute atomic E-state index is 0.388. The van der Waals surface area contributed by atoms with Crippen LogP contribution in [0, 0.1) is 0 Å². The van der Waals surface area contributed by atoms with E-state index in [-0.39, 0.29) is 0 Å². The van der Waals surface area contributed by atoms with E-state index in [9.17, 15) is 4.79 Å². The number of Topliss-reactive ketones (excluding diaryl/α,β-unsaturated/α-hetero) is 1. The number of hydrogen-bond donors (Lipinski definition) is 2. The Hall–Kier alpha value is -1.84. The fourth-order valence-electron chi connectivity index (χ4n) is 2.40. The van der Waals surface area contributed by atoms with Crippen molar-refractivity contribution in [1.29, 1.82) is 0 Å². The molecule has 2 aromatic rings. The molecule has 0 saturated heterocycles. The Labute approximate surface area is 99.5 Å². The smallest absolute Gasteiger partial charge is 0.132 e. The number of imidazole rings is 1. The Balaban J connectivity index is 1.79. The molecule has 0 amide bonds. The first-order chi connectivity index (χ1) is 8.33. The maximum atomic E-state index is 11.2. The van der Waals surface area contributed by atoms with E-state index in [1.807, 2.05) is 24.7 Å². The minimum Gasteiger partial charge on any atom is -0.367 e. The summed E-state index contributed by atoms with van der Waals surface area (Å²) in [5.41, 5.74) is 2.16. The average Bonchev–Trinajstić information content (AvgIpc) is 3.00. The SMILES string of the molecule is O=C1CCC(c2ncc(-c3cc[nH]c3)[nH]2)CC1. The van der Waals surface area contributed by atoms with Crippen molar-refractivity contribution in [1.82, 2.24) is 15.0 Å². The minimum atomic E-state index is 0.388. The van der Waals surface area contributed by atoms with Gasteiger partial charge in [-0.15, -0.1) is 0 Å². The van der Waals surface area contributed by atoms with Crippen LogP contribution in [0.25, 0.3) is 11.3 Å². The van der Waals surface area contributed by atoms with Gasteiger partial charge in [-0.2, -0.15) is 0 Å². The van der Waals surface area contributed by atoms with Gasteiger partial charge in [0.15, 0.2) is 0 Å². The number of hydrogen-bond acceptors (Lipinski definition) is 2. The van der Waals surface area contributed by atoms with E-state index in [4.69, 9.17) is 0 Å². The number of aromatic amines is 2. The molecule has 0 spiro atoms. The zero-order valence-corrected chi connectivity index (χ0v) is 9.57. The molecule has 0 radical (unpaired) electrons. The van der Waals surface area contributed by atoms with Crippen molar-refractivity contribution < 1.29 is 4.79 Å². The summed E-state index contributed by atoms with van der Waals surface area (Å²) in [6.07, 6.45) is 8.97. The van der Waals surface area contributed by atoms with Crippen molar-refractivity contribution >= 4 is 5.78 Å². The molecule has 0 aliphatic heterocycles. The number of nitrogens with zero attached hydrogens (tertiary/aromatic N) is 1. The molecular weight excluding hydrogens is 214 g/mol. The molecule has 17 heavy (non-hydrogen) atoms. The highest BCUT2D eigenvalue weighted by molar-refractivity contribution is 5.79. The van der Waals surface area contributed by atoms with Gasteiger partial charge in [-0.3, -0.25) is 4.79 Å². The summed E-state index contributed by atoms with van der Waals surface area (Å²) in [6.45, 7) is 0. The summed E-state index contributed by atoms with van der Waals surface area (Å²) in [6, 6.07) is 2.02. The van der Waals surface area contributed by atoms with E-state index in [2.05, 4.69) is 15.0 Å². The maximum absolute atomic E-state index is 11.2. The summed E-state index contributed by atoms with van der Waals surface area (Å²) in [7, 11) is 0. The van der Waals surface area contributed by atoms with Gasteiger partial charge in [-0.05, 0) is 18.9 Å². The zero-order chi connectivity index (χ0) is 11.7. The van der Waals surface area contributed by atoms with Gasteiger partial charge in [0.2, 0.25) is 0 Å². The van der Waals surface area contributed by atoms with E-state index in [0.29, 0.717) is 24.5 Å². The van der Waals surface area contributed by atoms with Crippen molar-refractivity contribution in [2.75, 3.05) is 0 Å². The van der Waals surface area contributed by atoms with Gasteiger partial charge in [0.25, 0.3) is 0 Å². The van der Waals surface area contributed by atoms with Crippen LogP contribution in [0.15, 0.2) is 24.7 Å². The molecule has 0 aromatic carbocycles. The fourth-order valence-corrected chi connectivity index (χ4v) is 2.40.